The molecule has 2 aromatic rings. The predicted octanol–water partition coefficient (Wildman–Crippen LogP) is 4.32. The van der Waals surface area contributed by atoms with Gasteiger partial charge in [-0.1, -0.05) is 49.3 Å². The normalized spacial score (nSPS) is 20.9. The van der Waals surface area contributed by atoms with Crippen LogP contribution in [-0.4, -0.2) is 56.2 Å². The number of esters is 1. The largest absolute Gasteiger partial charge is 0.466 e. The number of thiocarbonyl (C=S) groups is 1. The van der Waals surface area contributed by atoms with Crippen molar-refractivity contribution in [2.45, 2.75) is 64.8 Å². The summed E-state index contributed by atoms with van der Waals surface area (Å²) in [5.41, 5.74) is 1.63. The molecule has 1 aliphatic carbocycles. The van der Waals surface area contributed by atoms with Gasteiger partial charge in [0, 0.05) is 25.3 Å². The molecular formula is C27H32N4O4S2. The molecule has 0 aromatic carbocycles. The van der Waals surface area contributed by atoms with Gasteiger partial charge in [0.2, 0.25) is 0 Å². The number of pyridine rings is 1. The van der Waals surface area contributed by atoms with E-state index in [0.29, 0.717) is 58.8 Å². The van der Waals surface area contributed by atoms with Crippen molar-refractivity contribution in [3.63, 3.8) is 0 Å². The Kier molecular flexibility index (Phi) is 7.67. The summed E-state index contributed by atoms with van der Waals surface area (Å²) in [7, 11) is 0. The van der Waals surface area contributed by atoms with E-state index in [1.165, 1.54) is 22.6 Å². The van der Waals surface area contributed by atoms with Crippen LogP contribution >= 0.6 is 24.0 Å². The zero-order valence-corrected chi connectivity index (χ0v) is 22.9. The number of anilines is 1. The molecule has 3 fully saturated rings. The van der Waals surface area contributed by atoms with Crippen LogP contribution in [-0.2, 0) is 14.3 Å². The fourth-order valence-electron chi connectivity index (χ4n) is 5.52. The topological polar surface area (TPSA) is 84.2 Å². The van der Waals surface area contributed by atoms with E-state index >= 15 is 0 Å². The van der Waals surface area contributed by atoms with Crippen molar-refractivity contribution >= 4 is 57.7 Å². The maximum absolute atomic E-state index is 13.8. The zero-order valence-electron chi connectivity index (χ0n) is 21.3. The van der Waals surface area contributed by atoms with Gasteiger partial charge in [0.05, 0.1) is 23.0 Å². The number of ether oxygens (including phenoxy) is 1. The Bertz CT molecular complexity index is 1320. The molecule has 1 amide bonds. The molecule has 5 rings (SSSR count). The summed E-state index contributed by atoms with van der Waals surface area (Å²) in [6, 6.07) is 3.88. The highest BCUT2D eigenvalue weighted by Gasteiger charge is 2.38. The van der Waals surface area contributed by atoms with Gasteiger partial charge in [-0.3, -0.25) is 23.7 Å². The van der Waals surface area contributed by atoms with Crippen LogP contribution in [0.2, 0.25) is 0 Å². The van der Waals surface area contributed by atoms with E-state index in [1.807, 2.05) is 26.0 Å². The number of carbonyl (C=O) groups is 2. The van der Waals surface area contributed by atoms with E-state index in [-0.39, 0.29) is 29.4 Å². The van der Waals surface area contributed by atoms with Crippen molar-refractivity contribution in [3.8, 4) is 0 Å². The molecule has 2 aromatic heterocycles. The van der Waals surface area contributed by atoms with Crippen LogP contribution in [0, 0.1) is 12.8 Å². The molecule has 0 atom stereocenters. The van der Waals surface area contributed by atoms with Gasteiger partial charge in [-0.15, -0.1) is 0 Å². The van der Waals surface area contributed by atoms with Gasteiger partial charge in [0.1, 0.15) is 15.8 Å². The maximum Gasteiger partial charge on any atom is 0.309 e. The van der Waals surface area contributed by atoms with Crippen LogP contribution in [0.1, 0.15) is 63.0 Å². The molecule has 0 bridgehead atoms. The highest BCUT2D eigenvalue weighted by molar-refractivity contribution is 8.26. The SMILES string of the molecule is CCOC(=O)C1CCN(c2nc3c(C)cccn3c(=O)c2C=C2SC(=S)N(C3CCCCC3)C2=O)CC1. The van der Waals surface area contributed by atoms with Gasteiger partial charge in [-0.05, 0) is 57.2 Å². The van der Waals surface area contributed by atoms with Crippen LogP contribution in [0.5, 0.6) is 0 Å². The third-order valence-electron chi connectivity index (χ3n) is 7.52. The smallest absolute Gasteiger partial charge is 0.309 e. The summed E-state index contributed by atoms with van der Waals surface area (Å²) in [6.45, 7) is 5.24. The lowest BCUT2D eigenvalue weighted by molar-refractivity contribution is -0.148. The average Bonchev–Trinajstić information content (AvgIpc) is 3.19. The molecule has 0 N–H and O–H groups in total. The molecular weight excluding hydrogens is 508 g/mol. The van der Waals surface area contributed by atoms with Crippen LogP contribution in [0.4, 0.5) is 5.82 Å². The van der Waals surface area contributed by atoms with Gasteiger partial charge in [0.15, 0.2) is 0 Å². The van der Waals surface area contributed by atoms with E-state index in [2.05, 4.69) is 4.90 Å². The van der Waals surface area contributed by atoms with Crippen molar-refractivity contribution in [1.29, 1.82) is 0 Å². The molecule has 2 saturated heterocycles. The van der Waals surface area contributed by atoms with E-state index in [9.17, 15) is 14.4 Å². The lowest BCUT2D eigenvalue weighted by Gasteiger charge is -2.32. The number of thioether (sulfide) groups is 1. The molecule has 0 spiro atoms. The van der Waals surface area contributed by atoms with Crippen molar-refractivity contribution in [2.75, 3.05) is 24.6 Å². The molecule has 3 aliphatic rings. The lowest BCUT2D eigenvalue weighted by Crippen LogP contribution is -2.40. The van der Waals surface area contributed by atoms with E-state index in [1.54, 1.807) is 17.2 Å². The first kappa shape index (κ1) is 25.9. The zero-order chi connectivity index (χ0) is 26.1. The van der Waals surface area contributed by atoms with Gasteiger partial charge in [-0.2, -0.15) is 0 Å². The molecule has 37 heavy (non-hydrogen) atoms. The molecule has 196 valence electrons. The molecule has 0 radical (unpaired) electrons. The molecule has 8 nitrogen and oxygen atoms in total. The monoisotopic (exact) mass is 540 g/mol. The van der Waals surface area contributed by atoms with Crippen molar-refractivity contribution < 1.29 is 14.3 Å². The Labute approximate surface area is 226 Å². The second-order valence-corrected chi connectivity index (χ2v) is 11.6. The average molecular weight is 541 g/mol. The number of aryl methyl sites for hydroxylation is 1. The van der Waals surface area contributed by atoms with E-state index in [0.717, 1.165) is 31.2 Å². The van der Waals surface area contributed by atoms with Gasteiger partial charge >= 0.3 is 5.97 Å². The molecule has 2 aliphatic heterocycles. The number of aromatic nitrogens is 2. The summed E-state index contributed by atoms with van der Waals surface area (Å²) in [6.07, 6.45) is 9.94. The minimum Gasteiger partial charge on any atom is -0.466 e. The van der Waals surface area contributed by atoms with Crippen molar-refractivity contribution in [3.05, 3.63) is 44.7 Å². The Morgan fingerprint density at radius 3 is 2.62 bits per heavy atom. The number of piperidine rings is 1. The van der Waals surface area contributed by atoms with Gasteiger partial charge in [0.25, 0.3) is 11.5 Å². The van der Waals surface area contributed by atoms with Crippen LogP contribution in [0.3, 0.4) is 0 Å². The van der Waals surface area contributed by atoms with Crippen molar-refractivity contribution in [2.24, 2.45) is 5.92 Å². The summed E-state index contributed by atoms with van der Waals surface area (Å²) in [5, 5.41) is 0. The number of carbonyl (C=O) groups excluding carboxylic acids is 2. The Balaban J connectivity index is 1.52. The van der Waals surface area contributed by atoms with Crippen LogP contribution in [0.25, 0.3) is 11.7 Å². The predicted molar refractivity (Wildman–Crippen MR) is 150 cm³/mol. The first-order chi connectivity index (χ1) is 17.9. The van der Waals surface area contributed by atoms with E-state index < -0.39 is 0 Å². The second kappa shape index (κ2) is 10.9. The molecule has 0 unspecified atom stereocenters. The summed E-state index contributed by atoms with van der Waals surface area (Å²) >= 11 is 6.88. The number of rotatable bonds is 5. The highest BCUT2D eigenvalue weighted by Crippen LogP contribution is 2.38. The lowest BCUT2D eigenvalue weighted by atomic mass is 9.94. The third kappa shape index (κ3) is 5.05. The first-order valence-electron chi connectivity index (χ1n) is 13.1. The summed E-state index contributed by atoms with van der Waals surface area (Å²) in [4.78, 5) is 48.7. The standard InChI is InChI=1S/C27H32N4O4S2/c1-3-35-26(34)18-11-14-29(15-12-18)23-20(24(32)30-13-7-8-17(2)22(30)28-23)16-21-25(33)31(27(36)37-21)19-9-5-4-6-10-19/h7-8,13,16,18-19H,3-6,9-12,14-15H2,1-2H3. The third-order valence-corrected chi connectivity index (χ3v) is 8.85. The molecule has 1 saturated carbocycles. The minimum absolute atomic E-state index is 0.123. The Morgan fingerprint density at radius 2 is 1.92 bits per heavy atom. The summed E-state index contributed by atoms with van der Waals surface area (Å²) < 4.78 is 7.32. The maximum atomic E-state index is 13.8. The fraction of sp³-hybridized carbons (Fsp3) is 0.519. The summed E-state index contributed by atoms with van der Waals surface area (Å²) in [5.74, 6) is 0.0954. The second-order valence-electron chi connectivity index (χ2n) is 9.90. The van der Waals surface area contributed by atoms with Crippen molar-refractivity contribution in [1.82, 2.24) is 14.3 Å². The van der Waals surface area contributed by atoms with E-state index in [4.69, 9.17) is 21.9 Å². The Morgan fingerprint density at radius 1 is 1.19 bits per heavy atom. The van der Waals surface area contributed by atoms with Gasteiger partial charge < -0.3 is 9.64 Å². The first-order valence-corrected chi connectivity index (χ1v) is 14.3. The van der Waals surface area contributed by atoms with Gasteiger partial charge in [-0.25, -0.2) is 4.98 Å². The molecule has 4 heterocycles. The number of hydrogen-bond donors (Lipinski definition) is 0. The highest BCUT2D eigenvalue weighted by atomic mass is 32.2. The quantitative estimate of drug-likeness (QED) is 0.315. The number of amides is 1. The fourth-order valence-corrected chi connectivity index (χ4v) is 6.90. The number of hydrogen-bond acceptors (Lipinski definition) is 8. The van der Waals surface area contributed by atoms with Crippen LogP contribution in [0.15, 0.2) is 28.0 Å². The number of nitrogens with zero attached hydrogens (tertiary/aromatic N) is 4. The van der Waals surface area contributed by atoms with Crippen LogP contribution < -0.4 is 10.5 Å². The Hall–Kier alpha value is -2.72. The minimum atomic E-state index is -0.223. The molecule has 10 heteroatoms. The number of fused-ring (bicyclic) bond motifs is 1.